The molecule has 0 aromatic heterocycles. The van der Waals surface area contributed by atoms with Gasteiger partial charge < -0.3 is 14.3 Å². The molecule has 2 rings (SSSR count). The van der Waals surface area contributed by atoms with Crippen molar-refractivity contribution in [3.63, 3.8) is 0 Å². The lowest BCUT2D eigenvalue weighted by Crippen LogP contribution is -2.17. The maximum atomic E-state index is 5.57. The van der Waals surface area contributed by atoms with Crippen molar-refractivity contribution < 1.29 is 14.3 Å². The fraction of sp³-hybridized carbons (Fsp3) is 0.417. The van der Waals surface area contributed by atoms with Gasteiger partial charge in [-0.05, 0) is 24.1 Å². The summed E-state index contributed by atoms with van der Waals surface area (Å²) in [4.78, 5) is 5.07. The number of rotatable bonds is 4. The first-order chi connectivity index (χ1) is 7.88. The first kappa shape index (κ1) is 11.0. The first-order valence-electron chi connectivity index (χ1n) is 5.30. The molecule has 1 unspecified atom stereocenters. The number of hydrogen-bond donors (Lipinski definition) is 0. The highest BCUT2D eigenvalue weighted by molar-refractivity contribution is 5.56. The van der Waals surface area contributed by atoms with E-state index in [9.17, 15) is 0 Å². The van der Waals surface area contributed by atoms with Gasteiger partial charge in [0.25, 0.3) is 0 Å². The van der Waals surface area contributed by atoms with Crippen LogP contribution < -0.4 is 4.74 Å². The zero-order chi connectivity index (χ0) is 11.2. The molecule has 4 nitrogen and oxygen atoms in total. The van der Waals surface area contributed by atoms with Crippen LogP contribution in [0.2, 0.25) is 0 Å². The van der Waals surface area contributed by atoms with E-state index in [1.165, 1.54) is 0 Å². The van der Waals surface area contributed by atoms with Crippen LogP contribution in [0.3, 0.4) is 0 Å². The molecule has 0 spiro atoms. The van der Waals surface area contributed by atoms with Crippen LogP contribution in [0, 0.1) is 0 Å². The molecule has 0 bridgehead atoms. The summed E-state index contributed by atoms with van der Waals surface area (Å²) in [5.74, 6) is 0.849. The van der Waals surface area contributed by atoms with Gasteiger partial charge in [0.1, 0.15) is 5.75 Å². The molecule has 4 heteroatoms. The van der Waals surface area contributed by atoms with E-state index < -0.39 is 0 Å². The summed E-state index contributed by atoms with van der Waals surface area (Å²) in [5.41, 5.74) is 1.10. The van der Waals surface area contributed by atoms with Gasteiger partial charge in [0, 0.05) is 12.6 Å². The molecule has 16 heavy (non-hydrogen) atoms. The molecule has 0 amide bonds. The second-order valence-corrected chi connectivity index (χ2v) is 3.56. The van der Waals surface area contributed by atoms with Gasteiger partial charge in [0.05, 0.1) is 13.7 Å². The summed E-state index contributed by atoms with van der Waals surface area (Å²) in [6.45, 7) is 0.532. The van der Waals surface area contributed by atoms with E-state index in [1.807, 2.05) is 24.3 Å². The number of hydrogen-bond acceptors (Lipinski definition) is 4. The highest BCUT2D eigenvalue weighted by Gasteiger charge is 2.12. The number of methoxy groups -OCH3 is 1. The Morgan fingerprint density at radius 3 is 2.81 bits per heavy atom. The van der Waals surface area contributed by atoms with Gasteiger partial charge in [0.2, 0.25) is 6.29 Å². The van der Waals surface area contributed by atoms with E-state index in [2.05, 4.69) is 5.16 Å². The van der Waals surface area contributed by atoms with E-state index in [1.54, 1.807) is 13.3 Å². The minimum Gasteiger partial charge on any atom is -0.497 e. The third kappa shape index (κ3) is 2.97. The van der Waals surface area contributed by atoms with Crippen molar-refractivity contribution in [2.45, 2.75) is 25.7 Å². The third-order valence-corrected chi connectivity index (χ3v) is 2.38. The van der Waals surface area contributed by atoms with E-state index >= 15 is 0 Å². The average molecular weight is 221 g/mol. The molecule has 1 atom stereocenters. The van der Waals surface area contributed by atoms with Crippen molar-refractivity contribution >= 4 is 6.21 Å². The lowest BCUT2D eigenvalue weighted by atomic mass is 10.2. The minimum atomic E-state index is -0.216. The largest absolute Gasteiger partial charge is 0.497 e. The topological polar surface area (TPSA) is 40.0 Å². The predicted molar refractivity (Wildman–Crippen MR) is 60.4 cm³/mol. The molecule has 86 valence electrons. The molecule has 1 aliphatic rings. The van der Waals surface area contributed by atoms with Gasteiger partial charge in [0.15, 0.2) is 0 Å². The Labute approximate surface area is 94.8 Å². The summed E-state index contributed by atoms with van der Waals surface area (Å²) < 4.78 is 10.6. The van der Waals surface area contributed by atoms with Crippen molar-refractivity contribution in [2.24, 2.45) is 5.16 Å². The van der Waals surface area contributed by atoms with Gasteiger partial charge in [-0.3, -0.25) is 0 Å². The lowest BCUT2D eigenvalue weighted by molar-refractivity contribution is -0.156. The fourth-order valence-electron chi connectivity index (χ4n) is 1.45. The summed E-state index contributed by atoms with van der Waals surface area (Å²) in [6.07, 6.45) is 3.31. The maximum absolute atomic E-state index is 5.57. The van der Waals surface area contributed by atoms with Crippen molar-refractivity contribution in [1.82, 2.24) is 0 Å². The van der Waals surface area contributed by atoms with E-state index in [0.717, 1.165) is 24.2 Å². The highest BCUT2D eigenvalue weighted by atomic mass is 16.8. The Hall–Kier alpha value is -1.55. The van der Waals surface area contributed by atoms with Crippen LogP contribution >= 0.6 is 0 Å². The van der Waals surface area contributed by atoms with Crippen LogP contribution in [-0.4, -0.2) is 19.6 Å². The fourth-order valence-corrected chi connectivity index (χ4v) is 1.45. The molecule has 0 saturated heterocycles. The molecule has 0 saturated carbocycles. The molecular weight excluding hydrogens is 206 g/mol. The van der Waals surface area contributed by atoms with Gasteiger partial charge in [-0.2, -0.15) is 0 Å². The standard InChI is InChI=1S/C12H15NO3/c1-14-11-6-4-10(5-7-11)9-15-12-3-2-8-13-16-12/h4-8,12H,2-3,9H2,1H3. The smallest absolute Gasteiger partial charge is 0.227 e. The zero-order valence-corrected chi connectivity index (χ0v) is 9.26. The molecule has 1 aliphatic heterocycles. The van der Waals surface area contributed by atoms with Crippen LogP contribution in [0.25, 0.3) is 0 Å². The highest BCUT2D eigenvalue weighted by Crippen LogP contribution is 2.15. The number of oxime groups is 1. The zero-order valence-electron chi connectivity index (χ0n) is 9.26. The summed E-state index contributed by atoms with van der Waals surface area (Å²) in [6, 6.07) is 7.78. The Kier molecular flexibility index (Phi) is 3.77. The molecule has 0 fully saturated rings. The molecule has 1 heterocycles. The van der Waals surface area contributed by atoms with Crippen LogP contribution in [-0.2, 0) is 16.2 Å². The van der Waals surface area contributed by atoms with E-state index in [-0.39, 0.29) is 6.29 Å². The van der Waals surface area contributed by atoms with Gasteiger partial charge in [-0.15, -0.1) is 0 Å². The Morgan fingerprint density at radius 1 is 1.38 bits per heavy atom. The Bertz CT molecular complexity index is 348. The number of benzene rings is 1. The van der Waals surface area contributed by atoms with E-state index in [0.29, 0.717) is 6.61 Å². The van der Waals surface area contributed by atoms with Crippen LogP contribution in [0.4, 0.5) is 0 Å². The molecule has 1 aromatic carbocycles. The molecule has 0 N–H and O–H groups in total. The Balaban J connectivity index is 1.82. The number of nitrogens with zero attached hydrogens (tertiary/aromatic N) is 1. The Morgan fingerprint density at radius 2 is 2.19 bits per heavy atom. The normalized spacial score (nSPS) is 19.2. The van der Waals surface area contributed by atoms with Gasteiger partial charge in [-0.1, -0.05) is 17.3 Å². The van der Waals surface area contributed by atoms with Crippen molar-refractivity contribution in [3.8, 4) is 5.75 Å². The summed E-state index contributed by atoms with van der Waals surface area (Å²) in [7, 11) is 1.65. The number of ether oxygens (including phenoxy) is 2. The van der Waals surface area contributed by atoms with Crippen LogP contribution in [0.5, 0.6) is 5.75 Å². The van der Waals surface area contributed by atoms with Crippen molar-refractivity contribution in [2.75, 3.05) is 7.11 Å². The summed E-state index contributed by atoms with van der Waals surface area (Å²) in [5, 5.41) is 3.73. The van der Waals surface area contributed by atoms with Crippen LogP contribution in [0.1, 0.15) is 18.4 Å². The second kappa shape index (κ2) is 5.51. The SMILES string of the molecule is COc1ccc(COC2CCC=NO2)cc1. The van der Waals surface area contributed by atoms with Crippen molar-refractivity contribution in [3.05, 3.63) is 29.8 Å². The third-order valence-electron chi connectivity index (χ3n) is 2.38. The van der Waals surface area contributed by atoms with Crippen LogP contribution in [0.15, 0.2) is 29.4 Å². The molecule has 0 radical (unpaired) electrons. The second-order valence-electron chi connectivity index (χ2n) is 3.56. The minimum absolute atomic E-state index is 0.216. The first-order valence-corrected chi connectivity index (χ1v) is 5.30. The maximum Gasteiger partial charge on any atom is 0.227 e. The summed E-state index contributed by atoms with van der Waals surface area (Å²) >= 11 is 0. The predicted octanol–water partition coefficient (Wildman–Crippen LogP) is 2.33. The lowest BCUT2D eigenvalue weighted by Gasteiger charge is -2.17. The van der Waals surface area contributed by atoms with E-state index in [4.69, 9.17) is 14.3 Å². The molecule has 1 aromatic rings. The van der Waals surface area contributed by atoms with Gasteiger partial charge >= 0.3 is 0 Å². The average Bonchev–Trinajstić information content (AvgIpc) is 2.38. The molecular formula is C12H15NO3. The quantitative estimate of drug-likeness (QED) is 0.783. The monoisotopic (exact) mass is 221 g/mol. The van der Waals surface area contributed by atoms with Crippen molar-refractivity contribution in [1.29, 1.82) is 0 Å². The molecule has 0 aliphatic carbocycles. The van der Waals surface area contributed by atoms with Gasteiger partial charge in [-0.25, -0.2) is 0 Å².